The van der Waals surface area contributed by atoms with Crippen molar-refractivity contribution in [1.82, 2.24) is 0 Å². The lowest BCUT2D eigenvalue weighted by atomic mass is 9.78. The molecule has 2 nitrogen and oxygen atoms in total. The zero-order chi connectivity index (χ0) is 11.8. The predicted molar refractivity (Wildman–Crippen MR) is 68.5 cm³/mol. The van der Waals surface area contributed by atoms with Crippen LogP contribution in [-0.4, -0.2) is 5.91 Å². The molecule has 17 heavy (non-hydrogen) atoms. The zero-order valence-electron chi connectivity index (χ0n) is 9.91. The van der Waals surface area contributed by atoms with E-state index >= 15 is 0 Å². The number of benzene rings is 1. The number of hydrogen-bond acceptors (Lipinski definition) is 1. The summed E-state index contributed by atoms with van der Waals surface area (Å²) >= 11 is 0. The Balaban J connectivity index is 2.01. The summed E-state index contributed by atoms with van der Waals surface area (Å²) in [5, 5.41) is 0. The molecular formula is C15H17NO. The summed E-state index contributed by atoms with van der Waals surface area (Å²) in [7, 11) is 0. The van der Waals surface area contributed by atoms with Gasteiger partial charge in [-0.25, -0.2) is 0 Å². The van der Waals surface area contributed by atoms with Crippen LogP contribution >= 0.6 is 0 Å². The van der Waals surface area contributed by atoms with Gasteiger partial charge in [-0.1, -0.05) is 24.3 Å². The van der Waals surface area contributed by atoms with E-state index < -0.39 is 0 Å². The molecule has 1 atom stereocenters. The van der Waals surface area contributed by atoms with Crippen molar-refractivity contribution in [3.8, 4) is 0 Å². The molecule has 1 amide bonds. The molecule has 3 rings (SSSR count). The van der Waals surface area contributed by atoms with Gasteiger partial charge in [-0.15, -0.1) is 0 Å². The molecule has 0 aliphatic heterocycles. The molecule has 0 radical (unpaired) electrons. The van der Waals surface area contributed by atoms with Gasteiger partial charge in [-0.05, 0) is 54.4 Å². The molecule has 1 unspecified atom stereocenters. The maximum Gasteiger partial charge on any atom is 0.220 e. The van der Waals surface area contributed by atoms with Crippen LogP contribution in [0.2, 0.25) is 0 Å². The number of carbonyl (C=O) groups is 1. The van der Waals surface area contributed by atoms with Gasteiger partial charge in [0.25, 0.3) is 0 Å². The molecule has 0 bridgehead atoms. The number of hydrogen-bond donors (Lipinski definition) is 1. The number of amides is 1. The first-order valence-corrected chi connectivity index (χ1v) is 6.35. The van der Waals surface area contributed by atoms with E-state index in [1.54, 1.807) is 0 Å². The van der Waals surface area contributed by atoms with Gasteiger partial charge in [-0.2, -0.15) is 0 Å². The summed E-state index contributed by atoms with van der Waals surface area (Å²) in [6.07, 6.45) is 9.52. The van der Waals surface area contributed by atoms with Crippen molar-refractivity contribution in [2.75, 3.05) is 0 Å². The normalized spacial score (nSPS) is 21.8. The fourth-order valence-electron chi connectivity index (χ4n) is 3.08. The van der Waals surface area contributed by atoms with Gasteiger partial charge in [0, 0.05) is 5.92 Å². The topological polar surface area (TPSA) is 43.1 Å². The highest BCUT2D eigenvalue weighted by atomic mass is 16.1. The highest BCUT2D eigenvalue weighted by Gasteiger charge is 2.25. The Morgan fingerprint density at radius 1 is 1.24 bits per heavy atom. The van der Waals surface area contributed by atoms with Gasteiger partial charge < -0.3 is 5.73 Å². The number of primary amides is 1. The van der Waals surface area contributed by atoms with Gasteiger partial charge in [-0.3, -0.25) is 4.79 Å². The first-order chi connectivity index (χ1) is 8.25. The number of allylic oxidation sites excluding steroid dienone is 1. The lowest BCUT2D eigenvalue weighted by Crippen LogP contribution is -2.29. The van der Waals surface area contributed by atoms with Crippen LogP contribution in [0.1, 0.15) is 35.1 Å². The summed E-state index contributed by atoms with van der Waals surface area (Å²) in [6.45, 7) is 0. The highest BCUT2D eigenvalue weighted by molar-refractivity contribution is 5.77. The Hall–Kier alpha value is -1.57. The van der Waals surface area contributed by atoms with Crippen LogP contribution in [0.25, 0.3) is 6.08 Å². The summed E-state index contributed by atoms with van der Waals surface area (Å²) in [5.41, 5.74) is 11.1. The van der Waals surface area contributed by atoms with Crippen LogP contribution in [0, 0.1) is 5.92 Å². The van der Waals surface area contributed by atoms with Crippen molar-refractivity contribution in [2.45, 2.75) is 32.1 Å². The van der Waals surface area contributed by atoms with Gasteiger partial charge in [0.05, 0.1) is 0 Å². The third-order valence-electron chi connectivity index (χ3n) is 4.03. The quantitative estimate of drug-likeness (QED) is 0.785. The first-order valence-electron chi connectivity index (χ1n) is 6.35. The van der Waals surface area contributed by atoms with Crippen molar-refractivity contribution < 1.29 is 4.79 Å². The van der Waals surface area contributed by atoms with Crippen molar-refractivity contribution in [1.29, 1.82) is 0 Å². The first kappa shape index (κ1) is 10.6. The minimum Gasteiger partial charge on any atom is -0.369 e. The number of rotatable bonds is 1. The van der Waals surface area contributed by atoms with E-state index in [1.807, 2.05) is 0 Å². The molecule has 0 fully saturated rings. The van der Waals surface area contributed by atoms with Gasteiger partial charge in [0.2, 0.25) is 5.91 Å². The van der Waals surface area contributed by atoms with Crippen molar-refractivity contribution in [3.05, 3.63) is 40.5 Å². The average molecular weight is 227 g/mol. The number of carbonyl (C=O) groups excluding carboxylic acids is 1. The molecule has 2 heteroatoms. The molecule has 2 aliphatic rings. The molecule has 0 aromatic heterocycles. The molecule has 2 aliphatic carbocycles. The standard InChI is InChI=1S/C15H17NO/c16-15(17)12-7-8-14-11(9-12)6-5-10-3-1-2-4-13(10)14/h1,3,5-6,12H,2,4,7-9H2,(H2,16,17). The lowest BCUT2D eigenvalue weighted by molar-refractivity contribution is -0.122. The molecule has 0 heterocycles. The van der Waals surface area contributed by atoms with Crippen molar-refractivity contribution >= 4 is 12.0 Å². The van der Waals surface area contributed by atoms with Crippen LogP contribution in [0.3, 0.4) is 0 Å². The largest absolute Gasteiger partial charge is 0.369 e. The Morgan fingerprint density at radius 2 is 2.12 bits per heavy atom. The SMILES string of the molecule is NC(=O)C1CCc2c(ccc3c2CCC=C3)C1. The third kappa shape index (κ3) is 1.78. The van der Waals surface area contributed by atoms with E-state index in [2.05, 4.69) is 24.3 Å². The van der Waals surface area contributed by atoms with E-state index in [9.17, 15) is 4.79 Å². The summed E-state index contributed by atoms with van der Waals surface area (Å²) in [6, 6.07) is 4.37. The predicted octanol–water partition coefficient (Wildman–Crippen LogP) is 2.24. The second kappa shape index (κ2) is 4.02. The molecule has 88 valence electrons. The van der Waals surface area contributed by atoms with Crippen LogP contribution in [0.15, 0.2) is 18.2 Å². The Bertz CT molecular complexity index is 502. The van der Waals surface area contributed by atoms with Crippen LogP contribution < -0.4 is 5.73 Å². The molecule has 0 spiro atoms. The summed E-state index contributed by atoms with van der Waals surface area (Å²) in [4.78, 5) is 11.3. The Labute approximate surface area is 102 Å². The monoisotopic (exact) mass is 227 g/mol. The Kier molecular flexibility index (Phi) is 2.50. The summed E-state index contributed by atoms with van der Waals surface area (Å²) < 4.78 is 0. The van der Waals surface area contributed by atoms with Gasteiger partial charge in [0.15, 0.2) is 0 Å². The molecule has 1 aromatic rings. The fourth-order valence-corrected chi connectivity index (χ4v) is 3.08. The van der Waals surface area contributed by atoms with Crippen molar-refractivity contribution in [3.63, 3.8) is 0 Å². The second-order valence-corrected chi connectivity index (χ2v) is 5.05. The third-order valence-corrected chi connectivity index (χ3v) is 4.03. The minimum absolute atomic E-state index is 0.0414. The van der Waals surface area contributed by atoms with Gasteiger partial charge in [0.1, 0.15) is 0 Å². The second-order valence-electron chi connectivity index (χ2n) is 5.05. The van der Waals surface area contributed by atoms with Crippen LogP contribution in [0.5, 0.6) is 0 Å². The fraction of sp³-hybridized carbons (Fsp3) is 0.400. The molecule has 0 saturated heterocycles. The number of fused-ring (bicyclic) bond motifs is 3. The number of nitrogens with two attached hydrogens (primary N) is 1. The van der Waals surface area contributed by atoms with Crippen LogP contribution in [-0.2, 0) is 24.1 Å². The molecule has 1 aromatic carbocycles. The van der Waals surface area contributed by atoms with Gasteiger partial charge >= 0.3 is 0 Å². The minimum atomic E-state index is -0.145. The molecule has 2 N–H and O–H groups in total. The van der Waals surface area contributed by atoms with E-state index in [-0.39, 0.29) is 11.8 Å². The van der Waals surface area contributed by atoms with E-state index in [1.165, 1.54) is 22.3 Å². The smallest absolute Gasteiger partial charge is 0.220 e. The maximum atomic E-state index is 11.3. The molecular weight excluding hydrogens is 210 g/mol. The van der Waals surface area contributed by atoms with E-state index in [4.69, 9.17) is 5.73 Å². The average Bonchev–Trinajstić information content (AvgIpc) is 2.38. The molecule has 0 saturated carbocycles. The van der Waals surface area contributed by atoms with E-state index in [0.717, 1.165) is 32.1 Å². The zero-order valence-corrected chi connectivity index (χ0v) is 9.91. The van der Waals surface area contributed by atoms with Crippen molar-refractivity contribution in [2.24, 2.45) is 11.7 Å². The highest BCUT2D eigenvalue weighted by Crippen LogP contribution is 2.32. The van der Waals surface area contributed by atoms with E-state index in [0.29, 0.717) is 0 Å². The Morgan fingerprint density at radius 3 is 2.94 bits per heavy atom. The van der Waals surface area contributed by atoms with Crippen LogP contribution in [0.4, 0.5) is 0 Å². The summed E-state index contributed by atoms with van der Waals surface area (Å²) in [5.74, 6) is -0.104. The lowest BCUT2D eigenvalue weighted by Gasteiger charge is -2.26. The maximum absolute atomic E-state index is 11.3.